The number of ether oxygens (including phenoxy) is 2. The number of rotatable bonds is 3. The van der Waals surface area contributed by atoms with E-state index in [-0.39, 0.29) is 22.7 Å². The van der Waals surface area contributed by atoms with Crippen LogP contribution in [0.1, 0.15) is 10.4 Å². The highest BCUT2D eigenvalue weighted by Gasteiger charge is 2.11. The molecule has 0 saturated carbocycles. The fourth-order valence-corrected chi connectivity index (χ4v) is 1.58. The van der Waals surface area contributed by atoms with Crippen LogP contribution >= 0.6 is 0 Å². The van der Waals surface area contributed by atoms with E-state index in [4.69, 9.17) is 10.5 Å². The predicted molar refractivity (Wildman–Crippen MR) is 68.6 cm³/mol. The average molecular weight is 279 g/mol. The molecule has 6 heteroatoms. The highest BCUT2D eigenvalue weighted by Crippen LogP contribution is 2.29. The van der Waals surface area contributed by atoms with Gasteiger partial charge in [-0.1, -0.05) is 0 Å². The van der Waals surface area contributed by atoms with E-state index in [0.717, 1.165) is 18.2 Å². The van der Waals surface area contributed by atoms with Crippen molar-refractivity contribution in [1.29, 1.82) is 0 Å². The Morgan fingerprint density at radius 3 is 2.35 bits per heavy atom. The van der Waals surface area contributed by atoms with Crippen LogP contribution in [0.4, 0.5) is 14.5 Å². The summed E-state index contributed by atoms with van der Waals surface area (Å²) in [6.07, 6.45) is 0. The Morgan fingerprint density at radius 1 is 1.10 bits per heavy atom. The van der Waals surface area contributed by atoms with Crippen LogP contribution < -0.4 is 10.5 Å². The molecule has 0 radical (unpaired) electrons. The van der Waals surface area contributed by atoms with E-state index >= 15 is 0 Å². The van der Waals surface area contributed by atoms with E-state index in [1.165, 1.54) is 25.3 Å². The molecule has 0 fully saturated rings. The number of nitrogens with two attached hydrogens (primary N) is 1. The van der Waals surface area contributed by atoms with E-state index in [1.807, 2.05) is 0 Å². The number of nitrogen functional groups attached to an aromatic ring is 1. The molecular formula is C14H11F2NO3. The van der Waals surface area contributed by atoms with E-state index < -0.39 is 17.6 Å². The summed E-state index contributed by atoms with van der Waals surface area (Å²) in [6, 6.07) is 6.98. The normalized spacial score (nSPS) is 10.2. The maximum atomic E-state index is 13.1. The average Bonchev–Trinajstić information content (AvgIpc) is 2.39. The smallest absolute Gasteiger partial charge is 0.337 e. The molecule has 2 aromatic rings. The summed E-state index contributed by atoms with van der Waals surface area (Å²) in [5, 5.41) is 0. The summed E-state index contributed by atoms with van der Waals surface area (Å²) < 4.78 is 36.0. The number of carbonyl (C=O) groups is 1. The van der Waals surface area contributed by atoms with Crippen molar-refractivity contribution in [3.8, 4) is 11.5 Å². The molecule has 0 aliphatic heterocycles. The Labute approximate surface area is 113 Å². The van der Waals surface area contributed by atoms with Gasteiger partial charge in [-0.2, -0.15) is 0 Å². The number of halogens is 2. The van der Waals surface area contributed by atoms with Crippen LogP contribution in [0.2, 0.25) is 0 Å². The van der Waals surface area contributed by atoms with Crippen molar-refractivity contribution in [2.24, 2.45) is 0 Å². The fourth-order valence-electron chi connectivity index (χ4n) is 1.58. The predicted octanol–water partition coefficient (Wildman–Crippen LogP) is 3.13. The quantitative estimate of drug-likeness (QED) is 0.692. The number of hydrogen-bond acceptors (Lipinski definition) is 4. The molecule has 0 amide bonds. The highest BCUT2D eigenvalue weighted by molar-refractivity contribution is 5.90. The van der Waals surface area contributed by atoms with Gasteiger partial charge in [-0.15, -0.1) is 0 Å². The van der Waals surface area contributed by atoms with Crippen molar-refractivity contribution in [2.75, 3.05) is 12.8 Å². The van der Waals surface area contributed by atoms with Crippen LogP contribution in [0, 0.1) is 11.6 Å². The van der Waals surface area contributed by atoms with Crippen LogP contribution in [-0.4, -0.2) is 13.1 Å². The van der Waals surface area contributed by atoms with Gasteiger partial charge in [-0.3, -0.25) is 0 Å². The molecule has 0 aliphatic rings. The second-order valence-electron chi connectivity index (χ2n) is 3.95. The number of methoxy groups -OCH3 is 1. The van der Waals surface area contributed by atoms with Gasteiger partial charge in [-0.25, -0.2) is 13.6 Å². The van der Waals surface area contributed by atoms with Gasteiger partial charge in [0.25, 0.3) is 0 Å². The molecule has 2 N–H and O–H groups in total. The molecule has 0 atom stereocenters. The molecule has 0 unspecified atom stereocenters. The molecule has 2 aromatic carbocycles. The maximum Gasteiger partial charge on any atom is 0.337 e. The monoisotopic (exact) mass is 279 g/mol. The zero-order valence-corrected chi connectivity index (χ0v) is 10.5. The number of carbonyl (C=O) groups excluding carboxylic acids is 1. The minimum atomic E-state index is -0.775. The van der Waals surface area contributed by atoms with Gasteiger partial charge in [0.05, 0.1) is 18.4 Å². The molecule has 0 spiro atoms. The first kappa shape index (κ1) is 13.8. The maximum absolute atomic E-state index is 13.1. The van der Waals surface area contributed by atoms with Gasteiger partial charge in [0.1, 0.15) is 17.4 Å². The first-order valence-corrected chi connectivity index (χ1v) is 5.61. The topological polar surface area (TPSA) is 61.5 Å². The van der Waals surface area contributed by atoms with Crippen LogP contribution in [0.3, 0.4) is 0 Å². The molecule has 0 bridgehead atoms. The zero-order chi connectivity index (χ0) is 14.7. The zero-order valence-electron chi connectivity index (χ0n) is 10.5. The molecule has 0 aliphatic carbocycles. The van der Waals surface area contributed by atoms with E-state index in [9.17, 15) is 13.6 Å². The van der Waals surface area contributed by atoms with Crippen molar-refractivity contribution in [3.63, 3.8) is 0 Å². The van der Waals surface area contributed by atoms with Gasteiger partial charge in [0.15, 0.2) is 5.75 Å². The summed E-state index contributed by atoms with van der Waals surface area (Å²) in [5.41, 5.74) is 6.13. The first-order valence-electron chi connectivity index (χ1n) is 5.61. The standard InChI is InChI=1S/C14H11F2NO3/c1-19-14(18)8-2-3-12(17)13(4-8)20-11-6-9(15)5-10(16)7-11/h2-7H,17H2,1H3. The van der Waals surface area contributed by atoms with Crippen molar-refractivity contribution < 1.29 is 23.0 Å². The van der Waals surface area contributed by atoms with Gasteiger partial charge in [-0.05, 0) is 18.2 Å². The van der Waals surface area contributed by atoms with E-state index in [1.54, 1.807) is 0 Å². The van der Waals surface area contributed by atoms with Crippen LogP contribution in [0.5, 0.6) is 11.5 Å². The summed E-state index contributed by atoms with van der Waals surface area (Å²) in [4.78, 5) is 11.4. The molecule has 0 saturated heterocycles. The molecule has 104 valence electrons. The molecule has 2 rings (SSSR count). The Bertz CT molecular complexity index is 639. The van der Waals surface area contributed by atoms with Crippen LogP contribution in [0.15, 0.2) is 36.4 Å². The Hall–Kier alpha value is -2.63. The van der Waals surface area contributed by atoms with Gasteiger partial charge in [0.2, 0.25) is 0 Å². The molecular weight excluding hydrogens is 268 g/mol. The molecule has 20 heavy (non-hydrogen) atoms. The highest BCUT2D eigenvalue weighted by atomic mass is 19.1. The van der Waals surface area contributed by atoms with Crippen molar-refractivity contribution in [3.05, 3.63) is 53.6 Å². The Kier molecular flexibility index (Phi) is 3.84. The molecule has 4 nitrogen and oxygen atoms in total. The second-order valence-corrected chi connectivity index (χ2v) is 3.95. The van der Waals surface area contributed by atoms with Crippen LogP contribution in [0.25, 0.3) is 0 Å². The third-order valence-electron chi connectivity index (χ3n) is 2.50. The largest absolute Gasteiger partial charge is 0.465 e. The summed E-state index contributed by atoms with van der Waals surface area (Å²) >= 11 is 0. The lowest BCUT2D eigenvalue weighted by Gasteiger charge is -2.10. The molecule has 0 heterocycles. The lowest BCUT2D eigenvalue weighted by Crippen LogP contribution is -2.02. The second kappa shape index (κ2) is 5.56. The SMILES string of the molecule is COC(=O)c1ccc(N)c(Oc2cc(F)cc(F)c2)c1. The third kappa shape index (κ3) is 3.03. The number of anilines is 1. The van der Waals surface area contributed by atoms with Gasteiger partial charge in [0, 0.05) is 18.2 Å². The lowest BCUT2D eigenvalue weighted by atomic mass is 10.2. The summed E-state index contributed by atoms with van der Waals surface area (Å²) in [6.45, 7) is 0. The summed E-state index contributed by atoms with van der Waals surface area (Å²) in [7, 11) is 1.24. The summed E-state index contributed by atoms with van der Waals surface area (Å²) in [5.74, 6) is -2.07. The Balaban J connectivity index is 2.34. The minimum Gasteiger partial charge on any atom is -0.465 e. The minimum absolute atomic E-state index is 0.0591. The van der Waals surface area contributed by atoms with Crippen molar-refractivity contribution >= 4 is 11.7 Å². The lowest BCUT2D eigenvalue weighted by molar-refractivity contribution is 0.0600. The number of benzene rings is 2. The number of hydrogen-bond donors (Lipinski definition) is 1. The third-order valence-corrected chi connectivity index (χ3v) is 2.50. The van der Waals surface area contributed by atoms with Gasteiger partial charge >= 0.3 is 5.97 Å². The van der Waals surface area contributed by atoms with E-state index in [0.29, 0.717) is 0 Å². The number of esters is 1. The van der Waals surface area contributed by atoms with Gasteiger partial charge < -0.3 is 15.2 Å². The Morgan fingerprint density at radius 2 is 1.75 bits per heavy atom. The van der Waals surface area contributed by atoms with E-state index in [2.05, 4.69) is 4.74 Å². The van der Waals surface area contributed by atoms with Crippen LogP contribution in [-0.2, 0) is 4.74 Å². The fraction of sp³-hybridized carbons (Fsp3) is 0.0714. The molecule has 0 aromatic heterocycles. The first-order chi connectivity index (χ1) is 9.49. The van der Waals surface area contributed by atoms with Crippen molar-refractivity contribution in [1.82, 2.24) is 0 Å². The van der Waals surface area contributed by atoms with Crippen molar-refractivity contribution in [2.45, 2.75) is 0 Å².